The zero-order chi connectivity index (χ0) is 12.1. The smallest absolute Gasteiger partial charge is 0.290 e. The Kier molecular flexibility index (Phi) is 4.37. The van der Waals surface area contributed by atoms with Gasteiger partial charge < -0.3 is 5.32 Å². The number of pyridine rings is 1. The monoisotopic (exact) mass is 223 g/mol. The topological polar surface area (TPSA) is 68.1 Å². The first kappa shape index (κ1) is 12.6. The predicted octanol–water partition coefficient (Wildman–Crippen LogP) is 1.78. The molecule has 1 heterocycles. The molecule has 1 aromatic rings. The van der Waals surface area contributed by atoms with Gasteiger partial charge in [0.2, 0.25) is 0 Å². The summed E-state index contributed by atoms with van der Waals surface area (Å²) in [4.78, 5) is 14.5. The zero-order valence-electron chi connectivity index (χ0n) is 9.80. The number of hydrogen-bond acceptors (Lipinski definition) is 4. The van der Waals surface area contributed by atoms with E-state index in [-0.39, 0.29) is 16.7 Å². The van der Waals surface area contributed by atoms with Gasteiger partial charge in [0.1, 0.15) is 5.69 Å². The molecule has 1 atom stereocenters. The molecule has 0 aromatic carbocycles. The van der Waals surface area contributed by atoms with Crippen LogP contribution < -0.4 is 5.32 Å². The van der Waals surface area contributed by atoms with Crippen molar-refractivity contribution >= 4 is 5.69 Å². The van der Waals surface area contributed by atoms with Crippen molar-refractivity contribution in [2.24, 2.45) is 5.92 Å². The van der Waals surface area contributed by atoms with Crippen molar-refractivity contribution < 1.29 is 4.92 Å². The fraction of sp³-hybridized carbons (Fsp3) is 0.545. The highest BCUT2D eigenvalue weighted by atomic mass is 16.6. The van der Waals surface area contributed by atoms with Crippen LogP contribution in [0.25, 0.3) is 0 Å². The second-order valence-corrected chi connectivity index (χ2v) is 4.07. The molecule has 0 radical (unpaired) electrons. The second kappa shape index (κ2) is 5.55. The molecule has 1 N–H and O–H groups in total. The molecule has 16 heavy (non-hydrogen) atoms. The van der Waals surface area contributed by atoms with E-state index in [1.807, 2.05) is 7.05 Å². The van der Waals surface area contributed by atoms with Crippen LogP contribution >= 0.6 is 0 Å². The fourth-order valence-electron chi connectivity index (χ4n) is 1.63. The highest BCUT2D eigenvalue weighted by Gasteiger charge is 2.19. The molecule has 0 aliphatic rings. The highest BCUT2D eigenvalue weighted by Crippen LogP contribution is 2.18. The molecule has 5 nitrogen and oxygen atoms in total. The molecule has 0 bridgehead atoms. The number of rotatable bonds is 5. The van der Waals surface area contributed by atoms with Gasteiger partial charge in [-0.2, -0.15) is 0 Å². The Bertz CT molecular complexity index is 366. The van der Waals surface area contributed by atoms with E-state index in [0.717, 1.165) is 0 Å². The van der Waals surface area contributed by atoms with Gasteiger partial charge in [-0.05, 0) is 19.0 Å². The maximum Gasteiger partial charge on any atom is 0.290 e. The molecule has 0 saturated carbocycles. The van der Waals surface area contributed by atoms with Crippen molar-refractivity contribution in [2.45, 2.75) is 26.3 Å². The van der Waals surface area contributed by atoms with Gasteiger partial charge in [-0.1, -0.05) is 13.8 Å². The summed E-state index contributed by atoms with van der Waals surface area (Å²) < 4.78 is 0. The van der Waals surface area contributed by atoms with Crippen LogP contribution in [0.2, 0.25) is 0 Å². The Morgan fingerprint density at radius 1 is 1.56 bits per heavy atom. The first-order valence-electron chi connectivity index (χ1n) is 5.31. The molecule has 1 aromatic heterocycles. The molecule has 88 valence electrons. The second-order valence-electron chi connectivity index (χ2n) is 4.07. The van der Waals surface area contributed by atoms with Crippen LogP contribution in [0.1, 0.15) is 19.5 Å². The first-order chi connectivity index (χ1) is 7.56. The third-order valence-corrected chi connectivity index (χ3v) is 2.65. The summed E-state index contributed by atoms with van der Waals surface area (Å²) in [5.41, 5.74) is 0.643. The van der Waals surface area contributed by atoms with Crippen LogP contribution in [0.15, 0.2) is 18.3 Å². The lowest BCUT2D eigenvalue weighted by Gasteiger charge is -2.19. The number of hydrogen-bond donors (Lipinski definition) is 1. The van der Waals surface area contributed by atoms with Crippen LogP contribution in [0.4, 0.5) is 5.69 Å². The van der Waals surface area contributed by atoms with Crippen molar-refractivity contribution in [3.63, 3.8) is 0 Å². The van der Waals surface area contributed by atoms with Crippen molar-refractivity contribution in [3.05, 3.63) is 34.1 Å². The lowest BCUT2D eigenvalue weighted by Crippen LogP contribution is -2.33. The van der Waals surface area contributed by atoms with Crippen molar-refractivity contribution in [2.75, 3.05) is 7.05 Å². The van der Waals surface area contributed by atoms with E-state index in [1.54, 1.807) is 12.3 Å². The summed E-state index contributed by atoms with van der Waals surface area (Å²) >= 11 is 0. The summed E-state index contributed by atoms with van der Waals surface area (Å²) in [7, 11) is 1.86. The number of aromatic nitrogens is 1. The van der Waals surface area contributed by atoms with Crippen molar-refractivity contribution in [3.8, 4) is 0 Å². The molecule has 1 rings (SSSR count). The minimum atomic E-state index is -0.380. The zero-order valence-corrected chi connectivity index (χ0v) is 9.80. The standard InChI is InChI=1S/C11H17N3O2/c1-8(2)9(12-3)7-10-11(14(15)16)5-4-6-13-10/h4-6,8-9,12H,7H2,1-3H3. The summed E-state index contributed by atoms with van der Waals surface area (Å²) in [6, 6.07) is 3.29. The maximum atomic E-state index is 10.8. The van der Waals surface area contributed by atoms with Gasteiger partial charge in [0.25, 0.3) is 5.69 Å². The third kappa shape index (κ3) is 3.00. The highest BCUT2D eigenvalue weighted by molar-refractivity contribution is 5.34. The molecule has 5 heteroatoms. The van der Waals surface area contributed by atoms with E-state index in [2.05, 4.69) is 24.1 Å². The molecule has 0 saturated heterocycles. The Hall–Kier alpha value is -1.49. The SMILES string of the molecule is CNC(Cc1ncccc1[N+](=O)[O-])C(C)C. The van der Waals surface area contributed by atoms with Gasteiger partial charge in [-0.3, -0.25) is 15.1 Å². The van der Waals surface area contributed by atoms with Crippen LogP contribution in [0, 0.1) is 16.0 Å². The normalized spacial score (nSPS) is 12.8. The lowest BCUT2D eigenvalue weighted by molar-refractivity contribution is -0.386. The average Bonchev–Trinajstić information content (AvgIpc) is 2.25. The number of likely N-dealkylation sites (N-methyl/N-ethyl adjacent to an activating group) is 1. The molecular weight excluding hydrogens is 206 g/mol. The summed E-state index contributed by atoms with van der Waals surface area (Å²) in [5, 5.41) is 14.0. The summed E-state index contributed by atoms with van der Waals surface area (Å²) in [6.45, 7) is 4.16. The van der Waals surface area contributed by atoms with E-state index in [0.29, 0.717) is 18.0 Å². The van der Waals surface area contributed by atoms with Gasteiger partial charge >= 0.3 is 0 Å². The van der Waals surface area contributed by atoms with Gasteiger partial charge in [-0.25, -0.2) is 0 Å². The molecule has 0 fully saturated rings. The van der Waals surface area contributed by atoms with Gasteiger partial charge in [0.15, 0.2) is 0 Å². The quantitative estimate of drug-likeness (QED) is 0.610. The largest absolute Gasteiger partial charge is 0.316 e. The number of nitrogens with one attached hydrogen (secondary N) is 1. The fourth-order valence-corrected chi connectivity index (χ4v) is 1.63. The van der Waals surface area contributed by atoms with Gasteiger partial charge in [0, 0.05) is 24.7 Å². The number of nitrogens with zero attached hydrogens (tertiary/aromatic N) is 2. The van der Waals surface area contributed by atoms with E-state index in [1.165, 1.54) is 6.07 Å². The van der Waals surface area contributed by atoms with Crippen LogP contribution in [-0.4, -0.2) is 23.0 Å². The lowest BCUT2D eigenvalue weighted by atomic mass is 9.98. The Labute approximate surface area is 95.0 Å². The van der Waals surface area contributed by atoms with E-state index >= 15 is 0 Å². The third-order valence-electron chi connectivity index (χ3n) is 2.65. The molecule has 1 unspecified atom stereocenters. The Morgan fingerprint density at radius 2 is 2.25 bits per heavy atom. The predicted molar refractivity (Wildman–Crippen MR) is 62.3 cm³/mol. The minimum Gasteiger partial charge on any atom is -0.316 e. The van der Waals surface area contributed by atoms with E-state index < -0.39 is 0 Å². The summed E-state index contributed by atoms with van der Waals surface area (Å²) in [5.74, 6) is 0.409. The van der Waals surface area contributed by atoms with Gasteiger partial charge in [-0.15, -0.1) is 0 Å². The summed E-state index contributed by atoms with van der Waals surface area (Å²) in [6.07, 6.45) is 2.17. The van der Waals surface area contributed by atoms with Crippen molar-refractivity contribution in [1.82, 2.24) is 10.3 Å². The molecule has 0 amide bonds. The van der Waals surface area contributed by atoms with Crippen LogP contribution in [-0.2, 0) is 6.42 Å². The average molecular weight is 223 g/mol. The molecule has 0 aliphatic carbocycles. The Balaban J connectivity index is 2.91. The minimum absolute atomic E-state index is 0.100. The molecule has 0 spiro atoms. The van der Waals surface area contributed by atoms with E-state index in [4.69, 9.17) is 0 Å². The molecule has 0 aliphatic heterocycles. The van der Waals surface area contributed by atoms with E-state index in [9.17, 15) is 10.1 Å². The van der Waals surface area contributed by atoms with Crippen LogP contribution in [0.5, 0.6) is 0 Å². The van der Waals surface area contributed by atoms with Gasteiger partial charge in [0.05, 0.1) is 4.92 Å². The van der Waals surface area contributed by atoms with Crippen LogP contribution in [0.3, 0.4) is 0 Å². The maximum absolute atomic E-state index is 10.8. The number of nitro groups is 1. The Morgan fingerprint density at radius 3 is 2.75 bits per heavy atom. The molecular formula is C11H17N3O2. The first-order valence-corrected chi connectivity index (χ1v) is 5.31. The van der Waals surface area contributed by atoms with Crippen molar-refractivity contribution in [1.29, 1.82) is 0 Å².